The molecule has 0 aromatic heterocycles. The Labute approximate surface area is 231 Å². The van der Waals surface area contributed by atoms with Gasteiger partial charge in [0.05, 0.1) is 43.2 Å². The molecule has 1 atom stereocenters. The van der Waals surface area contributed by atoms with Crippen molar-refractivity contribution in [1.29, 1.82) is 0 Å². The molecule has 0 spiro atoms. The summed E-state index contributed by atoms with van der Waals surface area (Å²) in [4.78, 5) is 25.1. The second-order valence-electron chi connectivity index (χ2n) is 7.88. The average Bonchev–Trinajstić information content (AvgIpc) is 2.87. The Balaban J connectivity index is 1.71. The van der Waals surface area contributed by atoms with E-state index >= 15 is 0 Å². The van der Waals surface area contributed by atoms with Gasteiger partial charge in [-0.05, 0) is 56.8 Å². The van der Waals surface area contributed by atoms with Crippen molar-refractivity contribution in [1.82, 2.24) is 16.1 Å². The Kier molecular flexibility index (Phi) is 10.3. The van der Waals surface area contributed by atoms with Gasteiger partial charge in [-0.15, -0.1) is 0 Å². The zero-order chi connectivity index (χ0) is 27.7. The van der Waals surface area contributed by atoms with Crippen molar-refractivity contribution in [3.8, 4) is 17.2 Å². The maximum atomic E-state index is 12.7. The number of hydrazone groups is 1. The van der Waals surface area contributed by atoms with Gasteiger partial charge in [0, 0.05) is 11.3 Å². The Morgan fingerprint density at radius 3 is 2.63 bits per heavy atom. The molecule has 0 unspecified atom stereocenters. The predicted octanol–water partition coefficient (Wildman–Crippen LogP) is 3.63. The number of nitrogens with zero attached hydrogens (tertiary/aromatic N) is 1. The highest BCUT2D eigenvalue weighted by Crippen LogP contribution is 2.36. The van der Waals surface area contributed by atoms with Crippen LogP contribution in [0.4, 0.5) is 0 Å². The summed E-state index contributed by atoms with van der Waals surface area (Å²) in [5.41, 5.74) is 4.58. The van der Waals surface area contributed by atoms with Crippen LogP contribution in [-0.2, 0) is 14.3 Å². The molecule has 0 aliphatic carbocycles. The molecule has 1 aliphatic rings. The number of nitrogens with one attached hydrogen (secondary N) is 3. The molecule has 3 rings (SSSR count). The summed E-state index contributed by atoms with van der Waals surface area (Å²) in [6.07, 6.45) is 1.43. The number of carbonyl (C=O) groups is 2. The van der Waals surface area contributed by atoms with Crippen LogP contribution in [0.1, 0.15) is 37.9 Å². The summed E-state index contributed by atoms with van der Waals surface area (Å²) in [6, 6.07) is 9.76. The number of hydrogen-bond donors (Lipinski definition) is 3. The molecule has 0 fully saturated rings. The van der Waals surface area contributed by atoms with E-state index in [1.807, 2.05) is 6.92 Å². The first-order valence-corrected chi connectivity index (χ1v) is 12.6. The lowest BCUT2D eigenvalue weighted by Crippen LogP contribution is -2.45. The second-order valence-corrected chi connectivity index (χ2v) is 8.69. The molecule has 0 radical (unpaired) electrons. The van der Waals surface area contributed by atoms with Gasteiger partial charge < -0.3 is 29.6 Å². The van der Waals surface area contributed by atoms with Gasteiger partial charge in [0.2, 0.25) is 0 Å². The molecule has 3 N–H and O–H groups in total. The van der Waals surface area contributed by atoms with Gasteiger partial charge in [0.15, 0.2) is 23.2 Å². The van der Waals surface area contributed by atoms with Gasteiger partial charge in [0.1, 0.15) is 5.75 Å². The normalized spacial score (nSPS) is 15.0. The molecule has 1 amide bonds. The molecule has 2 aromatic carbocycles. The monoisotopic (exact) mass is 560 g/mol. The van der Waals surface area contributed by atoms with Crippen molar-refractivity contribution in [3.63, 3.8) is 0 Å². The van der Waals surface area contributed by atoms with Crippen molar-refractivity contribution in [2.75, 3.05) is 26.9 Å². The fourth-order valence-corrected chi connectivity index (χ4v) is 4.30. The van der Waals surface area contributed by atoms with Gasteiger partial charge >= 0.3 is 5.97 Å². The number of rotatable bonds is 11. The molecule has 2 aromatic rings. The topological polar surface area (TPSA) is 120 Å². The SMILES string of the molecule is CCOC(=O)C1=C(C)NC(=S)N[C@@H]1c1ccccc1OCC(=O)NN=Cc1cc(Cl)c(OC)c(OCC)c1. The number of methoxy groups -OCH3 is 1. The van der Waals surface area contributed by atoms with Crippen LogP contribution in [0.15, 0.2) is 52.8 Å². The summed E-state index contributed by atoms with van der Waals surface area (Å²) in [6.45, 7) is 5.65. The third kappa shape index (κ3) is 7.14. The first-order chi connectivity index (χ1) is 18.3. The van der Waals surface area contributed by atoms with E-state index in [9.17, 15) is 9.59 Å². The highest BCUT2D eigenvalue weighted by atomic mass is 35.5. The van der Waals surface area contributed by atoms with Crippen LogP contribution in [0, 0.1) is 0 Å². The number of amides is 1. The Bertz CT molecular complexity index is 1270. The molecule has 10 nitrogen and oxygen atoms in total. The first kappa shape index (κ1) is 28.7. The quantitative estimate of drug-likeness (QED) is 0.164. The van der Waals surface area contributed by atoms with Crippen LogP contribution >= 0.6 is 23.8 Å². The van der Waals surface area contributed by atoms with E-state index in [1.54, 1.807) is 50.2 Å². The maximum Gasteiger partial charge on any atom is 0.338 e. The lowest BCUT2D eigenvalue weighted by molar-refractivity contribution is -0.139. The Morgan fingerprint density at radius 1 is 1.16 bits per heavy atom. The largest absolute Gasteiger partial charge is 0.491 e. The van der Waals surface area contributed by atoms with Crippen LogP contribution in [-0.4, -0.2) is 50.1 Å². The number of esters is 1. The first-order valence-electron chi connectivity index (χ1n) is 11.8. The van der Waals surface area contributed by atoms with Crippen LogP contribution < -0.4 is 30.3 Å². The Morgan fingerprint density at radius 2 is 1.92 bits per heavy atom. The number of ether oxygens (including phenoxy) is 4. The molecular weight excluding hydrogens is 532 g/mol. The minimum atomic E-state index is -0.626. The summed E-state index contributed by atoms with van der Waals surface area (Å²) < 4.78 is 21.8. The zero-order valence-corrected chi connectivity index (χ0v) is 23.0. The number of benzene rings is 2. The van der Waals surface area contributed by atoms with E-state index in [-0.39, 0.29) is 13.2 Å². The number of hydrogen-bond acceptors (Lipinski definition) is 8. The number of para-hydroxylation sites is 1. The molecule has 0 saturated heterocycles. The van der Waals surface area contributed by atoms with Crippen molar-refractivity contribution in [2.45, 2.75) is 26.8 Å². The summed E-state index contributed by atoms with van der Waals surface area (Å²) in [5, 5.41) is 10.7. The number of halogens is 1. The van der Waals surface area contributed by atoms with Gasteiger partial charge in [-0.3, -0.25) is 4.79 Å². The fourth-order valence-electron chi connectivity index (χ4n) is 3.73. The van der Waals surface area contributed by atoms with E-state index in [2.05, 4.69) is 21.2 Å². The lowest BCUT2D eigenvalue weighted by atomic mass is 9.95. The second kappa shape index (κ2) is 13.6. The van der Waals surface area contributed by atoms with E-state index in [0.717, 1.165) is 0 Å². The zero-order valence-electron chi connectivity index (χ0n) is 21.4. The molecule has 0 bridgehead atoms. The highest BCUT2D eigenvalue weighted by Gasteiger charge is 2.32. The average molecular weight is 561 g/mol. The van der Waals surface area contributed by atoms with Crippen molar-refractivity contribution in [2.24, 2.45) is 5.10 Å². The molecule has 38 heavy (non-hydrogen) atoms. The number of carbonyl (C=O) groups excluding carboxylic acids is 2. The predicted molar refractivity (Wildman–Crippen MR) is 148 cm³/mol. The van der Waals surface area contributed by atoms with Crippen LogP contribution in [0.5, 0.6) is 17.2 Å². The van der Waals surface area contributed by atoms with Gasteiger partial charge in [-0.1, -0.05) is 29.8 Å². The minimum absolute atomic E-state index is 0.223. The maximum absolute atomic E-state index is 12.7. The standard InChI is InChI=1S/C26H29ClN4O6S/c1-5-35-20-12-16(11-18(27)24(20)34-4)13-28-31-21(32)14-37-19-10-8-7-9-17(19)23-22(25(33)36-6-2)15(3)29-26(38)30-23/h7-13,23H,5-6,14H2,1-4H3,(H,31,32)(H2,29,30,38)/t23-/m1/s1. The molecule has 1 aliphatic heterocycles. The summed E-state index contributed by atoms with van der Waals surface area (Å²) >= 11 is 11.5. The fraction of sp³-hybridized carbons (Fsp3) is 0.308. The van der Waals surface area contributed by atoms with Crippen LogP contribution in [0.25, 0.3) is 0 Å². The number of allylic oxidation sites excluding steroid dienone is 1. The highest BCUT2D eigenvalue weighted by molar-refractivity contribution is 7.80. The third-order valence-electron chi connectivity index (χ3n) is 5.29. The van der Waals surface area contributed by atoms with E-state index in [0.29, 0.717) is 56.4 Å². The van der Waals surface area contributed by atoms with E-state index in [1.165, 1.54) is 13.3 Å². The smallest absolute Gasteiger partial charge is 0.338 e. The molecular formula is C26H29ClN4O6S. The minimum Gasteiger partial charge on any atom is -0.491 e. The van der Waals surface area contributed by atoms with Crippen molar-refractivity contribution < 1.29 is 28.5 Å². The van der Waals surface area contributed by atoms with E-state index in [4.69, 9.17) is 42.8 Å². The van der Waals surface area contributed by atoms with Crippen LogP contribution in [0.2, 0.25) is 5.02 Å². The van der Waals surface area contributed by atoms with Gasteiger partial charge in [0.25, 0.3) is 5.91 Å². The number of thiocarbonyl (C=S) groups is 1. The van der Waals surface area contributed by atoms with E-state index < -0.39 is 17.9 Å². The molecule has 202 valence electrons. The third-order valence-corrected chi connectivity index (χ3v) is 5.79. The summed E-state index contributed by atoms with van der Waals surface area (Å²) in [7, 11) is 1.50. The molecule has 0 saturated carbocycles. The Hall–Kier alpha value is -3.83. The van der Waals surface area contributed by atoms with Crippen molar-refractivity contribution >= 4 is 47.0 Å². The van der Waals surface area contributed by atoms with Gasteiger partial charge in [-0.2, -0.15) is 5.10 Å². The lowest BCUT2D eigenvalue weighted by Gasteiger charge is -2.30. The van der Waals surface area contributed by atoms with Gasteiger partial charge in [-0.25, -0.2) is 10.2 Å². The van der Waals surface area contributed by atoms with Crippen molar-refractivity contribution in [3.05, 3.63) is 63.8 Å². The molecule has 1 heterocycles. The summed E-state index contributed by atoms with van der Waals surface area (Å²) in [5.74, 6) is 0.304. The molecule has 12 heteroatoms. The van der Waals surface area contributed by atoms with Crippen LogP contribution in [0.3, 0.4) is 0 Å².